The third-order valence-electron chi connectivity index (χ3n) is 3.72. The van der Waals surface area contributed by atoms with Gasteiger partial charge in [-0.2, -0.15) is 5.26 Å². The lowest BCUT2D eigenvalue weighted by molar-refractivity contribution is 0.414. The van der Waals surface area contributed by atoms with E-state index in [1.807, 2.05) is 36.4 Å². The minimum atomic E-state index is -0.417. The quantitative estimate of drug-likeness (QED) is 0.501. The minimum Gasteiger partial charge on any atom is -0.496 e. The van der Waals surface area contributed by atoms with Gasteiger partial charge in [0.2, 0.25) is 0 Å². The summed E-state index contributed by atoms with van der Waals surface area (Å²) in [6, 6.07) is 20.0. The van der Waals surface area contributed by atoms with Crippen LogP contribution < -0.4 is 4.74 Å². The molecule has 2 nitrogen and oxygen atoms in total. The number of halogens is 1. The van der Waals surface area contributed by atoms with E-state index in [1.54, 1.807) is 31.4 Å². The van der Waals surface area contributed by atoms with Crippen molar-refractivity contribution in [1.82, 2.24) is 0 Å². The summed E-state index contributed by atoms with van der Waals surface area (Å²) in [6.45, 7) is 0. The van der Waals surface area contributed by atoms with Crippen molar-refractivity contribution in [2.24, 2.45) is 0 Å². The summed E-state index contributed by atoms with van der Waals surface area (Å²) in [5.41, 5.74) is 1.31. The number of benzene rings is 3. The van der Waals surface area contributed by atoms with Crippen LogP contribution in [0.3, 0.4) is 0 Å². The van der Waals surface area contributed by atoms with E-state index in [4.69, 9.17) is 4.74 Å². The van der Waals surface area contributed by atoms with Crippen LogP contribution in [0.2, 0.25) is 0 Å². The fourth-order valence-electron chi connectivity index (χ4n) is 2.60. The lowest BCUT2D eigenvalue weighted by Gasteiger charge is -2.10. The summed E-state index contributed by atoms with van der Waals surface area (Å²) in [5.74, 6) is 0.229. The van der Waals surface area contributed by atoms with Crippen molar-refractivity contribution in [2.45, 2.75) is 0 Å². The first-order chi connectivity index (χ1) is 11.2. The molecular weight excluding hydrogens is 289 g/mol. The monoisotopic (exact) mass is 303 g/mol. The van der Waals surface area contributed by atoms with Crippen LogP contribution in [0.4, 0.5) is 4.39 Å². The van der Waals surface area contributed by atoms with Crippen LogP contribution in [0.5, 0.6) is 5.75 Å². The smallest absolute Gasteiger partial charge is 0.131 e. The first-order valence-corrected chi connectivity index (χ1v) is 7.17. The summed E-state index contributed by atoms with van der Waals surface area (Å²) in [6.07, 6.45) is 1.68. The van der Waals surface area contributed by atoms with Gasteiger partial charge in [0, 0.05) is 11.1 Å². The van der Waals surface area contributed by atoms with E-state index in [2.05, 4.69) is 6.07 Å². The predicted molar refractivity (Wildman–Crippen MR) is 90.4 cm³/mol. The van der Waals surface area contributed by atoms with E-state index in [9.17, 15) is 9.65 Å². The Morgan fingerprint density at radius 1 is 1.04 bits per heavy atom. The van der Waals surface area contributed by atoms with Gasteiger partial charge >= 0.3 is 0 Å². The molecule has 0 fully saturated rings. The Bertz CT molecular complexity index is 938. The van der Waals surface area contributed by atoms with Gasteiger partial charge in [0.25, 0.3) is 0 Å². The molecule has 3 rings (SSSR count). The van der Waals surface area contributed by atoms with Gasteiger partial charge in [-0.05, 0) is 29.0 Å². The summed E-state index contributed by atoms with van der Waals surface area (Å²) in [5, 5.41) is 11.5. The predicted octanol–water partition coefficient (Wildman–Crippen LogP) is 5.05. The highest BCUT2D eigenvalue weighted by Gasteiger charge is 2.11. The molecule has 0 amide bonds. The molecule has 0 unspecified atom stereocenters. The number of ether oxygens (including phenoxy) is 1. The summed E-state index contributed by atoms with van der Waals surface area (Å²) >= 11 is 0. The fraction of sp³-hybridized carbons (Fsp3) is 0.0500. The second-order valence-electron chi connectivity index (χ2n) is 5.05. The topological polar surface area (TPSA) is 33.0 Å². The lowest BCUT2D eigenvalue weighted by Crippen LogP contribution is -1.91. The molecule has 0 saturated carbocycles. The Morgan fingerprint density at radius 2 is 1.78 bits per heavy atom. The molecule has 3 aromatic carbocycles. The normalized spacial score (nSPS) is 11.3. The second kappa shape index (κ2) is 6.33. The average molecular weight is 303 g/mol. The molecule has 0 aliphatic heterocycles. The van der Waals surface area contributed by atoms with Gasteiger partial charge in [0.1, 0.15) is 11.6 Å². The molecule has 0 aliphatic carbocycles. The first-order valence-electron chi connectivity index (χ1n) is 7.17. The molecule has 0 N–H and O–H groups in total. The Labute approximate surface area is 134 Å². The van der Waals surface area contributed by atoms with E-state index in [-0.39, 0.29) is 11.1 Å². The SMILES string of the molecule is COc1ccc2ccccc2c1C=C(C#N)c1ccccc1F. The summed E-state index contributed by atoms with van der Waals surface area (Å²) in [4.78, 5) is 0. The number of methoxy groups -OCH3 is 1. The molecule has 0 saturated heterocycles. The third kappa shape index (κ3) is 2.79. The van der Waals surface area contributed by atoms with Gasteiger partial charge in [0.05, 0.1) is 18.8 Å². The minimum absolute atomic E-state index is 0.262. The highest BCUT2D eigenvalue weighted by molar-refractivity contribution is 6.00. The van der Waals surface area contributed by atoms with Gasteiger partial charge < -0.3 is 4.74 Å². The number of rotatable bonds is 3. The molecule has 112 valence electrons. The number of nitriles is 1. The van der Waals surface area contributed by atoms with Crippen molar-refractivity contribution in [2.75, 3.05) is 7.11 Å². The number of hydrogen-bond acceptors (Lipinski definition) is 2. The van der Waals surface area contributed by atoms with Gasteiger partial charge in [-0.1, -0.05) is 48.5 Å². The summed E-state index contributed by atoms with van der Waals surface area (Å²) in [7, 11) is 1.58. The van der Waals surface area contributed by atoms with Gasteiger partial charge in [-0.15, -0.1) is 0 Å². The van der Waals surface area contributed by atoms with Crippen molar-refractivity contribution >= 4 is 22.4 Å². The van der Waals surface area contributed by atoms with E-state index in [1.165, 1.54) is 6.07 Å². The number of allylic oxidation sites excluding steroid dienone is 1. The molecule has 0 aliphatic rings. The molecular formula is C20H14FNO. The number of hydrogen-bond donors (Lipinski definition) is 0. The molecule has 3 heteroatoms. The molecule has 23 heavy (non-hydrogen) atoms. The van der Waals surface area contributed by atoms with Crippen molar-refractivity contribution in [3.63, 3.8) is 0 Å². The number of nitrogens with zero attached hydrogens (tertiary/aromatic N) is 1. The zero-order chi connectivity index (χ0) is 16.2. The molecule has 0 radical (unpaired) electrons. The van der Waals surface area contributed by atoms with E-state index < -0.39 is 5.82 Å². The van der Waals surface area contributed by atoms with E-state index in [0.717, 1.165) is 16.3 Å². The lowest BCUT2D eigenvalue weighted by atomic mass is 9.98. The van der Waals surface area contributed by atoms with Crippen molar-refractivity contribution in [3.05, 3.63) is 77.6 Å². The Morgan fingerprint density at radius 3 is 2.52 bits per heavy atom. The van der Waals surface area contributed by atoms with Gasteiger partial charge in [-0.25, -0.2) is 4.39 Å². The largest absolute Gasteiger partial charge is 0.496 e. The standard InChI is InChI=1S/C20H14FNO/c1-23-20-11-10-14-6-2-3-7-16(14)18(20)12-15(13-22)17-8-4-5-9-19(17)21/h2-12H,1H3. The second-order valence-corrected chi connectivity index (χ2v) is 5.05. The molecule has 0 spiro atoms. The van der Waals surface area contributed by atoms with Crippen LogP contribution in [-0.2, 0) is 0 Å². The van der Waals surface area contributed by atoms with Crippen LogP contribution in [0.25, 0.3) is 22.4 Å². The maximum absolute atomic E-state index is 14.0. The first kappa shape index (κ1) is 14.8. The zero-order valence-corrected chi connectivity index (χ0v) is 12.6. The zero-order valence-electron chi connectivity index (χ0n) is 12.6. The molecule has 3 aromatic rings. The Kier molecular flexibility index (Phi) is 4.07. The van der Waals surface area contributed by atoms with Crippen LogP contribution in [-0.4, -0.2) is 7.11 Å². The third-order valence-corrected chi connectivity index (χ3v) is 3.72. The van der Waals surface area contributed by atoms with Crippen LogP contribution >= 0.6 is 0 Å². The van der Waals surface area contributed by atoms with Crippen molar-refractivity contribution in [3.8, 4) is 11.8 Å². The van der Waals surface area contributed by atoms with Gasteiger partial charge in [-0.3, -0.25) is 0 Å². The molecule has 0 bridgehead atoms. The van der Waals surface area contributed by atoms with Crippen LogP contribution in [0.15, 0.2) is 60.7 Å². The fourth-order valence-corrected chi connectivity index (χ4v) is 2.60. The molecule has 0 heterocycles. The highest BCUT2D eigenvalue weighted by atomic mass is 19.1. The molecule has 0 atom stereocenters. The van der Waals surface area contributed by atoms with Crippen LogP contribution in [0, 0.1) is 17.1 Å². The van der Waals surface area contributed by atoms with Crippen molar-refractivity contribution in [1.29, 1.82) is 5.26 Å². The van der Waals surface area contributed by atoms with Crippen molar-refractivity contribution < 1.29 is 9.13 Å². The maximum atomic E-state index is 14.0. The highest BCUT2D eigenvalue weighted by Crippen LogP contribution is 2.32. The summed E-state index contributed by atoms with van der Waals surface area (Å²) < 4.78 is 19.4. The maximum Gasteiger partial charge on any atom is 0.131 e. The van der Waals surface area contributed by atoms with Gasteiger partial charge in [0.15, 0.2) is 0 Å². The average Bonchev–Trinajstić information content (AvgIpc) is 2.60. The van der Waals surface area contributed by atoms with Crippen LogP contribution in [0.1, 0.15) is 11.1 Å². The Hall–Kier alpha value is -3.12. The van der Waals surface area contributed by atoms with E-state index >= 15 is 0 Å². The number of fused-ring (bicyclic) bond motifs is 1. The van der Waals surface area contributed by atoms with E-state index in [0.29, 0.717) is 5.75 Å². The Balaban J connectivity index is 2.27. The molecule has 0 aromatic heterocycles.